The van der Waals surface area contributed by atoms with Crippen LogP contribution >= 0.6 is 0 Å². The van der Waals surface area contributed by atoms with Crippen molar-refractivity contribution in [1.82, 2.24) is 0 Å². The third-order valence-electron chi connectivity index (χ3n) is 6.83. The molecule has 0 N–H and O–H groups in total. The second-order valence-corrected chi connectivity index (χ2v) is 12.3. The molecule has 0 aliphatic heterocycles. The maximum atomic E-state index is 2.51. The molecule has 3 heteroatoms. The molecule has 0 aromatic heterocycles. The first-order chi connectivity index (χ1) is 12.4. The van der Waals surface area contributed by atoms with Crippen LogP contribution in [0.1, 0.15) is 89.9 Å². The maximum absolute atomic E-state index is 2.51. The van der Waals surface area contributed by atoms with Crippen molar-refractivity contribution in [3.8, 4) is 0 Å². The Labute approximate surface area is 176 Å². The smallest absolute Gasteiger partial charge is 0.269 e. The molecule has 0 saturated heterocycles. The Kier molecular flexibility index (Phi) is 9.91. The van der Waals surface area contributed by atoms with Crippen molar-refractivity contribution in [3.63, 3.8) is 0 Å². The van der Waals surface area contributed by atoms with E-state index >= 15 is 0 Å². The summed E-state index contributed by atoms with van der Waals surface area (Å²) in [7, 11) is 0. The van der Waals surface area contributed by atoms with E-state index in [-0.39, 0.29) is 9.41 Å². The summed E-state index contributed by atoms with van der Waals surface area (Å²) < 4.78 is 3.85. The summed E-state index contributed by atoms with van der Waals surface area (Å²) >= 11 is -0.516. The first kappa shape index (κ1) is 23.0. The average Bonchev–Trinajstić information content (AvgIpc) is 3.27. The van der Waals surface area contributed by atoms with Crippen molar-refractivity contribution in [1.29, 1.82) is 0 Å². The number of rotatable bonds is 6. The summed E-state index contributed by atoms with van der Waals surface area (Å²) in [5.74, 6) is 2.00. The number of allylic oxidation sites excluding steroid dienone is 8. The van der Waals surface area contributed by atoms with Gasteiger partial charge in [-0.15, -0.1) is 0 Å². The van der Waals surface area contributed by atoms with Crippen LogP contribution in [0.2, 0.25) is 0 Å². The third-order valence-corrected chi connectivity index (χ3v) is 10.9. The molecule has 2 fully saturated rings. The van der Waals surface area contributed by atoms with Gasteiger partial charge in [-0.05, 0) is 0 Å². The van der Waals surface area contributed by atoms with Crippen LogP contribution in [0.3, 0.4) is 0 Å². The molecule has 4 aliphatic rings. The number of halogens is 2. The molecule has 0 atom stereocenters. The van der Waals surface area contributed by atoms with Gasteiger partial charge < -0.3 is 0 Å². The largest absolute Gasteiger partial charge is 0.269 e. The fourth-order valence-electron chi connectivity index (χ4n) is 5.33. The van der Waals surface area contributed by atoms with Crippen molar-refractivity contribution >= 4 is 0 Å². The zero-order valence-electron chi connectivity index (χ0n) is 16.7. The summed E-state index contributed by atoms with van der Waals surface area (Å²) in [6.45, 7) is 0. The summed E-state index contributed by atoms with van der Waals surface area (Å²) in [5.41, 5.74) is 3.57. The number of hydrogen-bond donors (Lipinski definition) is 0. The van der Waals surface area contributed by atoms with Crippen LogP contribution in [0.4, 0.5) is 9.41 Å². The van der Waals surface area contributed by atoms with Crippen molar-refractivity contribution < 1.29 is 32.6 Å². The predicted molar refractivity (Wildman–Crippen MR) is 109 cm³/mol. The molecule has 2 saturated carbocycles. The van der Waals surface area contributed by atoms with E-state index < -0.39 is 23.2 Å². The molecule has 4 rings (SSSR count). The van der Waals surface area contributed by atoms with Gasteiger partial charge in [-0.1, -0.05) is 0 Å². The van der Waals surface area contributed by atoms with E-state index in [2.05, 4.69) is 24.3 Å². The zero-order valence-corrected chi connectivity index (χ0v) is 19.1. The number of hydrogen-bond acceptors (Lipinski definition) is 0. The summed E-state index contributed by atoms with van der Waals surface area (Å²) in [6, 6.07) is 0. The molecule has 4 aliphatic carbocycles. The summed E-state index contributed by atoms with van der Waals surface area (Å²) in [5, 5.41) is 0. The third kappa shape index (κ3) is 6.35. The first-order valence-corrected chi connectivity index (χ1v) is 13.4. The predicted octanol–water partition coefficient (Wildman–Crippen LogP) is 7.74. The molecule has 0 spiro atoms. The van der Waals surface area contributed by atoms with Crippen molar-refractivity contribution in [2.24, 2.45) is 11.8 Å². The molecular formula is C24H36F2Zr. The van der Waals surface area contributed by atoms with Crippen LogP contribution in [0.5, 0.6) is 0 Å². The Morgan fingerprint density at radius 1 is 0.630 bits per heavy atom. The van der Waals surface area contributed by atoms with Gasteiger partial charge in [0.1, 0.15) is 0 Å². The average molecular weight is 454 g/mol. The summed E-state index contributed by atoms with van der Waals surface area (Å²) in [4.78, 5) is 0. The van der Waals surface area contributed by atoms with Gasteiger partial charge in [0.15, 0.2) is 0 Å². The topological polar surface area (TPSA) is 0 Å². The molecule has 0 amide bonds. The minimum Gasteiger partial charge on any atom is -0.269 e. The Bertz CT molecular complexity index is 536. The van der Waals surface area contributed by atoms with Gasteiger partial charge in [-0.3, -0.25) is 9.41 Å². The molecule has 0 unspecified atom stereocenters. The van der Waals surface area contributed by atoms with Crippen molar-refractivity contribution in [2.45, 2.75) is 89.9 Å². The van der Waals surface area contributed by atoms with Gasteiger partial charge in [-0.2, -0.15) is 0 Å². The van der Waals surface area contributed by atoms with Crippen LogP contribution in [0, 0.1) is 11.8 Å². The van der Waals surface area contributed by atoms with Crippen LogP contribution in [0.15, 0.2) is 42.0 Å². The molecule has 27 heavy (non-hydrogen) atoms. The van der Waals surface area contributed by atoms with Crippen LogP contribution < -0.4 is 0 Å². The van der Waals surface area contributed by atoms with Crippen LogP contribution in [-0.4, -0.2) is 0 Å². The Morgan fingerprint density at radius 2 is 1.04 bits per heavy atom. The monoisotopic (exact) mass is 452 g/mol. The Morgan fingerprint density at radius 3 is 1.44 bits per heavy atom. The summed E-state index contributed by atoms with van der Waals surface area (Å²) in [6.07, 6.45) is 30.2. The fraction of sp³-hybridized carbons (Fsp3) is 0.667. The van der Waals surface area contributed by atoms with Crippen molar-refractivity contribution in [3.05, 3.63) is 42.0 Å². The maximum Gasteiger partial charge on any atom is -0.269 e. The fourth-order valence-corrected chi connectivity index (χ4v) is 9.01. The minimum absolute atomic E-state index is 0. The van der Waals surface area contributed by atoms with Crippen LogP contribution in [0.25, 0.3) is 0 Å². The Hall–Kier alpha value is -0.297. The standard InChI is InChI=1S/2C12H17.2FH.Zr/c2*1-2-6-11(7-3-1)10-12-8-4-5-9-12;;;/h2*4,8,11H,1-3,5-7,10H2;2*1H;. The second kappa shape index (κ2) is 11.6. The molecule has 150 valence electrons. The Balaban J connectivity index is 0.00000131. The van der Waals surface area contributed by atoms with Gasteiger partial charge >= 0.3 is 167 Å². The van der Waals surface area contributed by atoms with Crippen LogP contribution in [-0.2, 0) is 23.2 Å². The van der Waals surface area contributed by atoms with E-state index in [0.717, 1.165) is 11.8 Å². The van der Waals surface area contributed by atoms with E-state index in [4.69, 9.17) is 0 Å². The zero-order chi connectivity index (χ0) is 16.9. The normalized spacial score (nSPS) is 23.6. The van der Waals surface area contributed by atoms with E-state index in [1.54, 1.807) is 11.1 Å². The molecule has 0 heterocycles. The van der Waals surface area contributed by atoms with E-state index in [1.807, 2.05) is 6.56 Å². The van der Waals surface area contributed by atoms with Gasteiger partial charge in [0.25, 0.3) is 0 Å². The molecule has 0 bridgehead atoms. The second-order valence-electron chi connectivity index (χ2n) is 8.76. The van der Waals surface area contributed by atoms with E-state index in [0.29, 0.717) is 0 Å². The van der Waals surface area contributed by atoms with Gasteiger partial charge in [0, 0.05) is 0 Å². The van der Waals surface area contributed by atoms with Gasteiger partial charge in [0.2, 0.25) is 0 Å². The quantitative estimate of drug-likeness (QED) is 0.386. The SMILES string of the molecule is C1=CC(CC2CCCCC2)=[C]([Zr][C]2=C(CC3CCCCC3)C=CC2)C1.F.F. The molecule has 0 nitrogen and oxygen atoms in total. The minimum atomic E-state index is -0.516. The molecule has 0 radical (unpaired) electrons. The van der Waals surface area contributed by atoms with E-state index in [9.17, 15) is 0 Å². The van der Waals surface area contributed by atoms with Crippen molar-refractivity contribution in [2.75, 3.05) is 0 Å². The van der Waals surface area contributed by atoms with Gasteiger partial charge in [0.05, 0.1) is 0 Å². The molecular weight excluding hydrogens is 417 g/mol. The first-order valence-electron chi connectivity index (χ1n) is 10.9. The van der Waals surface area contributed by atoms with E-state index in [1.165, 1.54) is 89.9 Å². The molecule has 0 aromatic carbocycles. The van der Waals surface area contributed by atoms with Gasteiger partial charge in [-0.25, -0.2) is 0 Å². The molecule has 0 aromatic rings.